The third-order valence-electron chi connectivity index (χ3n) is 4.06. The van der Waals surface area contributed by atoms with Crippen molar-refractivity contribution >= 4 is 48.3 Å². The van der Waals surface area contributed by atoms with Gasteiger partial charge < -0.3 is 0 Å². The first-order valence-corrected chi connectivity index (χ1v) is 10.9. The topological polar surface area (TPSA) is 88.2 Å². The number of carbonyl (C=O) groups excluding carboxylic acids is 1. The Kier molecular flexibility index (Phi) is 5.18. The molecular formula is C20H13F2N3O3S2. The molecule has 1 heterocycles. The van der Waals surface area contributed by atoms with E-state index in [-0.39, 0.29) is 31.5 Å². The lowest BCUT2D eigenvalue weighted by molar-refractivity contribution is 0.102. The highest BCUT2D eigenvalue weighted by Gasteiger charge is 2.16. The van der Waals surface area contributed by atoms with Crippen LogP contribution in [0.15, 0.2) is 71.6 Å². The summed E-state index contributed by atoms with van der Waals surface area (Å²) < 4.78 is 54.7. The van der Waals surface area contributed by atoms with E-state index in [1.165, 1.54) is 36.4 Å². The number of aromatic nitrogens is 1. The molecule has 30 heavy (non-hydrogen) atoms. The van der Waals surface area contributed by atoms with E-state index < -0.39 is 27.6 Å². The van der Waals surface area contributed by atoms with Gasteiger partial charge in [0.05, 0.1) is 9.60 Å². The molecule has 0 saturated carbocycles. The number of carbonyl (C=O) groups is 1. The van der Waals surface area contributed by atoms with Crippen LogP contribution in [0.1, 0.15) is 10.4 Å². The van der Waals surface area contributed by atoms with Gasteiger partial charge in [0.25, 0.3) is 15.9 Å². The number of amides is 1. The number of hydrogen-bond acceptors (Lipinski definition) is 5. The molecule has 0 atom stereocenters. The minimum absolute atomic E-state index is 0.0407. The van der Waals surface area contributed by atoms with E-state index in [9.17, 15) is 22.0 Å². The zero-order chi connectivity index (χ0) is 21.3. The smallest absolute Gasteiger partial charge is 0.261 e. The summed E-state index contributed by atoms with van der Waals surface area (Å²) in [7, 11) is -3.81. The van der Waals surface area contributed by atoms with Crippen molar-refractivity contribution in [2.45, 2.75) is 4.90 Å². The second kappa shape index (κ2) is 7.81. The summed E-state index contributed by atoms with van der Waals surface area (Å²) in [5.41, 5.74) is 0.319. The molecule has 0 spiro atoms. The van der Waals surface area contributed by atoms with Crippen molar-refractivity contribution in [3.8, 4) is 0 Å². The number of sulfonamides is 1. The molecule has 2 N–H and O–H groups in total. The van der Waals surface area contributed by atoms with Gasteiger partial charge >= 0.3 is 0 Å². The molecule has 3 aromatic carbocycles. The summed E-state index contributed by atoms with van der Waals surface area (Å²) in [6.45, 7) is 0. The van der Waals surface area contributed by atoms with E-state index >= 15 is 0 Å². The van der Waals surface area contributed by atoms with Crippen LogP contribution in [0.3, 0.4) is 0 Å². The summed E-state index contributed by atoms with van der Waals surface area (Å²) in [6.07, 6.45) is 0. The van der Waals surface area contributed by atoms with Crippen LogP contribution in [0.25, 0.3) is 10.2 Å². The molecule has 6 nitrogen and oxygen atoms in total. The van der Waals surface area contributed by atoms with E-state index in [2.05, 4.69) is 15.0 Å². The van der Waals surface area contributed by atoms with Gasteiger partial charge in [-0.15, -0.1) is 0 Å². The molecule has 4 aromatic rings. The Morgan fingerprint density at radius 1 is 0.967 bits per heavy atom. The fourth-order valence-corrected chi connectivity index (χ4v) is 4.69. The zero-order valence-electron chi connectivity index (χ0n) is 15.1. The molecule has 0 aliphatic carbocycles. The predicted molar refractivity (Wildman–Crippen MR) is 111 cm³/mol. The SMILES string of the molecule is O=C(Nc1nc2c(F)cc(F)cc2s1)c1cccc(NS(=O)(=O)c2ccccc2)c1. The van der Waals surface area contributed by atoms with Gasteiger partial charge in [-0.25, -0.2) is 22.2 Å². The van der Waals surface area contributed by atoms with Gasteiger partial charge in [-0.05, 0) is 36.4 Å². The van der Waals surface area contributed by atoms with Gasteiger partial charge in [-0.2, -0.15) is 0 Å². The number of anilines is 2. The van der Waals surface area contributed by atoms with E-state index in [0.717, 1.165) is 23.5 Å². The van der Waals surface area contributed by atoms with Crippen LogP contribution in [-0.4, -0.2) is 19.3 Å². The minimum Gasteiger partial charge on any atom is -0.298 e. The number of nitrogens with one attached hydrogen (secondary N) is 2. The second-order valence-electron chi connectivity index (χ2n) is 6.21. The Balaban J connectivity index is 1.55. The van der Waals surface area contributed by atoms with Crippen LogP contribution in [0.2, 0.25) is 0 Å². The summed E-state index contributed by atoms with van der Waals surface area (Å²) in [5.74, 6) is -2.13. The van der Waals surface area contributed by atoms with Crippen LogP contribution in [0, 0.1) is 11.6 Å². The van der Waals surface area contributed by atoms with Crippen LogP contribution >= 0.6 is 11.3 Å². The molecule has 4 rings (SSSR count). The molecular weight excluding hydrogens is 432 g/mol. The van der Waals surface area contributed by atoms with E-state index in [4.69, 9.17) is 0 Å². The molecule has 1 aromatic heterocycles. The molecule has 0 aliphatic heterocycles. The van der Waals surface area contributed by atoms with Crippen LogP contribution < -0.4 is 10.0 Å². The Morgan fingerprint density at radius 3 is 2.50 bits per heavy atom. The summed E-state index contributed by atoms with van der Waals surface area (Å²) in [6, 6.07) is 15.5. The van der Waals surface area contributed by atoms with Crippen molar-refractivity contribution in [1.82, 2.24) is 4.98 Å². The average molecular weight is 445 g/mol. The Bertz CT molecular complexity index is 1360. The minimum atomic E-state index is -3.81. The van der Waals surface area contributed by atoms with Crippen molar-refractivity contribution < 1.29 is 22.0 Å². The largest absolute Gasteiger partial charge is 0.298 e. The molecule has 10 heteroatoms. The maximum Gasteiger partial charge on any atom is 0.261 e. The second-order valence-corrected chi connectivity index (χ2v) is 8.92. The molecule has 1 amide bonds. The number of thiazole rings is 1. The quantitative estimate of drug-likeness (QED) is 0.469. The third-order valence-corrected chi connectivity index (χ3v) is 6.38. The molecule has 0 aliphatic rings. The third kappa shape index (κ3) is 4.14. The maximum absolute atomic E-state index is 13.8. The lowest BCUT2D eigenvalue weighted by Crippen LogP contribution is -2.15. The molecule has 0 radical (unpaired) electrons. The maximum atomic E-state index is 13.8. The van der Waals surface area contributed by atoms with Gasteiger partial charge in [0.1, 0.15) is 11.3 Å². The molecule has 0 saturated heterocycles. The summed E-state index contributed by atoms with van der Waals surface area (Å²) in [5, 5.41) is 2.61. The number of nitrogens with zero attached hydrogens (tertiary/aromatic N) is 1. The molecule has 0 fully saturated rings. The Hall–Kier alpha value is -3.37. The van der Waals surface area contributed by atoms with Gasteiger partial charge in [0, 0.05) is 17.3 Å². The monoisotopic (exact) mass is 445 g/mol. The average Bonchev–Trinajstić information content (AvgIpc) is 3.11. The van der Waals surface area contributed by atoms with Gasteiger partial charge in [0.2, 0.25) is 0 Å². The number of rotatable bonds is 5. The normalized spacial score (nSPS) is 11.4. The van der Waals surface area contributed by atoms with E-state index in [0.29, 0.717) is 0 Å². The van der Waals surface area contributed by atoms with E-state index in [1.807, 2.05) is 0 Å². The highest BCUT2D eigenvalue weighted by molar-refractivity contribution is 7.92. The number of fused-ring (bicyclic) bond motifs is 1. The van der Waals surface area contributed by atoms with Crippen molar-refractivity contribution in [1.29, 1.82) is 0 Å². The van der Waals surface area contributed by atoms with Crippen LogP contribution in [-0.2, 0) is 10.0 Å². The van der Waals surface area contributed by atoms with Gasteiger partial charge in [-0.1, -0.05) is 35.6 Å². The summed E-state index contributed by atoms with van der Waals surface area (Å²) in [4.78, 5) is 16.6. The van der Waals surface area contributed by atoms with Gasteiger partial charge in [-0.3, -0.25) is 14.8 Å². The van der Waals surface area contributed by atoms with Crippen molar-refractivity contribution in [2.24, 2.45) is 0 Å². The van der Waals surface area contributed by atoms with Crippen LogP contribution in [0.4, 0.5) is 19.6 Å². The fourth-order valence-electron chi connectivity index (χ4n) is 2.72. The van der Waals surface area contributed by atoms with Crippen LogP contribution in [0.5, 0.6) is 0 Å². The highest BCUT2D eigenvalue weighted by atomic mass is 32.2. The van der Waals surface area contributed by atoms with Gasteiger partial charge in [0.15, 0.2) is 10.9 Å². The lowest BCUT2D eigenvalue weighted by atomic mass is 10.2. The van der Waals surface area contributed by atoms with E-state index in [1.54, 1.807) is 18.2 Å². The number of hydrogen-bond donors (Lipinski definition) is 2. The number of benzene rings is 3. The first kappa shape index (κ1) is 19.9. The number of halogens is 2. The zero-order valence-corrected chi connectivity index (χ0v) is 16.7. The molecule has 0 unspecified atom stereocenters. The fraction of sp³-hybridized carbons (Fsp3) is 0. The highest BCUT2D eigenvalue weighted by Crippen LogP contribution is 2.29. The Labute approximate surface area is 174 Å². The standard InChI is InChI=1S/C20H13F2N3O3S2/c21-13-10-16(22)18-17(11-13)29-20(23-18)24-19(26)12-5-4-6-14(9-12)25-30(27,28)15-7-2-1-3-8-15/h1-11,25H,(H,23,24,26). The Morgan fingerprint density at radius 2 is 1.73 bits per heavy atom. The van der Waals surface area contributed by atoms with Crippen molar-refractivity contribution in [2.75, 3.05) is 10.0 Å². The first-order valence-electron chi connectivity index (χ1n) is 8.57. The summed E-state index contributed by atoms with van der Waals surface area (Å²) >= 11 is 0.926. The lowest BCUT2D eigenvalue weighted by Gasteiger charge is -2.09. The first-order chi connectivity index (χ1) is 14.3. The molecule has 152 valence electrons. The van der Waals surface area contributed by atoms with Crippen molar-refractivity contribution in [3.05, 3.63) is 83.9 Å². The molecule has 0 bridgehead atoms. The van der Waals surface area contributed by atoms with Crippen molar-refractivity contribution in [3.63, 3.8) is 0 Å². The predicted octanol–water partition coefficient (Wildman–Crippen LogP) is 4.63.